The van der Waals surface area contributed by atoms with Crippen LogP contribution in [0.4, 0.5) is 0 Å². The van der Waals surface area contributed by atoms with Crippen molar-refractivity contribution in [1.29, 1.82) is 0 Å². The summed E-state index contributed by atoms with van der Waals surface area (Å²) in [7, 11) is 0. The number of aryl methyl sites for hydroxylation is 1. The van der Waals surface area contributed by atoms with Gasteiger partial charge in [0.2, 0.25) is 0 Å². The van der Waals surface area contributed by atoms with Crippen molar-refractivity contribution in [2.75, 3.05) is 0 Å². The molecule has 0 radical (unpaired) electrons. The summed E-state index contributed by atoms with van der Waals surface area (Å²) < 4.78 is 11.3. The Hall–Kier alpha value is -2.86. The topological polar surface area (TPSA) is 90.4 Å². The molecule has 112 valence electrons. The van der Waals surface area contributed by atoms with Gasteiger partial charge >= 0.3 is 0 Å². The number of nitrogens with two attached hydrogens (primary N) is 1. The number of fused-ring (bicyclic) bond motifs is 1. The monoisotopic (exact) mass is 297 g/mol. The average molecular weight is 297 g/mol. The molecule has 0 fully saturated rings. The van der Waals surface area contributed by atoms with Gasteiger partial charge in [-0.3, -0.25) is 15.2 Å². The third-order valence-electron chi connectivity index (χ3n) is 3.31. The molecule has 0 aliphatic rings. The zero-order valence-electron chi connectivity index (χ0n) is 12.0. The van der Waals surface area contributed by atoms with Crippen LogP contribution in [0, 0.1) is 6.92 Å². The number of hydrogen-bond donors (Lipinski definition) is 2. The number of aromatic nitrogens is 1. The number of ether oxygens (including phenoxy) is 1. The van der Waals surface area contributed by atoms with Crippen molar-refractivity contribution < 1.29 is 13.9 Å². The van der Waals surface area contributed by atoms with E-state index < -0.39 is 5.91 Å². The Morgan fingerprint density at radius 3 is 2.95 bits per heavy atom. The molecule has 6 nitrogen and oxygen atoms in total. The molecule has 0 atom stereocenters. The van der Waals surface area contributed by atoms with E-state index >= 15 is 0 Å². The molecule has 2 heterocycles. The Bertz CT molecular complexity index is 812. The van der Waals surface area contributed by atoms with Crippen LogP contribution >= 0.6 is 0 Å². The number of nitrogens with zero attached hydrogens (tertiary/aromatic N) is 1. The Balaban J connectivity index is 1.90. The molecule has 0 aliphatic heterocycles. The average Bonchev–Trinajstić information content (AvgIpc) is 2.88. The van der Waals surface area contributed by atoms with Gasteiger partial charge in [0.25, 0.3) is 5.91 Å². The number of hydrazine groups is 1. The summed E-state index contributed by atoms with van der Waals surface area (Å²) >= 11 is 0. The smallest absolute Gasteiger partial charge is 0.269 e. The van der Waals surface area contributed by atoms with Crippen LogP contribution in [0.1, 0.15) is 21.8 Å². The maximum atomic E-state index is 11.9. The highest BCUT2D eigenvalue weighted by Gasteiger charge is 2.17. The number of benzene rings is 1. The highest BCUT2D eigenvalue weighted by Crippen LogP contribution is 2.29. The largest absolute Gasteiger partial charge is 0.487 e. The van der Waals surface area contributed by atoms with Gasteiger partial charge in [0.15, 0.2) is 0 Å². The van der Waals surface area contributed by atoms with Gasteiger partial charge in [-0.05, 0) is 37.3 Å². The number of carbonyl (C=O) groups excluding carboxylic acids is 1. The Labute approximate surface area is 126 Å². The summed E-state index contributed by atoms with van der Waals surface area (Å²) in [4.78, 5) is 16.0. The highest BCUT2D eigenvalue weighted by molar-refractivity contribution is 6.07. The standard InChI is InChI=1S/C16H15N3O3/c1-10-15(16(20)19-17)13-8-12(5-6-14(13)22-10)21-9-11-4-2-3-7-18-11/h2-8H,9,17H2,1H3,(H,19,20). The lowest BCUT2D eigenvalue weighted by molar-refractivity contribution is 0.0953. The molecule has 0 spiro atoms. The number of carbonyl (C=O) groups is 1. The zero-order chi connectivity index (χ0) is 15.5. The predicted octanol–water partition coefficient (Wildman–Crippen LogP) is 2.32. The molecule has 0 saturated heterocycles. The lowest BCUT2D eigenvalue weighted by Gasteiger charge is -2.06. The van der Waals surface area contributed by atoms with Gasteiger partial charge < -0.3 is 9.15 Å². The summed E-state index contributed by atoms with van der Waals surface area (Å²) in [6.45, 7) is 2.07. The summed E-state index contributed by atoms with van der Waals surface area (Å²) in [6.07, 6.45) is 1.71. The molecule has 0 bridgehead atoms. The quantitative estimate of drug-likeness (QED) is 0.438. The van der Waals surface area contributed by atoms with E-state index in [0.717, 1.165) is 5.69 Å². The summed E-state index contributed by atoms with van der Waals surface area (Å²) in [5, 5.41) is 0.666. The molecule has 22 heavy (non-hydrogen) atoms. The van der Waals surface area contributed by atoms with Crippen LogP contribution in [0.25, 0.3) is 11.0 Å². The maximum Gasteiger partial charge on any atom is 0.269 e. The lowest BCUT2D eigenvalue weighted by Crippen LogP contribution is -2.30. The van der Waals surface area contributed by atoms with Gasteiger partial charge in [-0.2, -0.15) is 0 Å². The molecule has 1 aromatic carbocycles. The second-order valence-corrected chi connectivity index (χ2v) is 4.77. The summed E-state index contributed by atoms with van der Waals surface area (Å²) in [6, 6.07) is 11.0. The number of furan rings is 1. The van der Waals surface area contributed by atoms with E-state index in [1.54, 1.807) is 31.3 Å². The van der Waals surface area contributed by atoms with Crippen LogP contribution in [-0.2, 0) is 6.61 Å². The van der Waals surface area contributed by atoms with Crippen molar-refractivity contribution in [2.24, 2.45) is 5.84 Å². The number of nitrogens with one attached hydrogen (secondary N) is 1. The van der Waals surface area contributed by atoms with Crippen molar-refractivity contribution in [3.05, 3.63) is 59.6 Å². The number of amides is 1. The van der Waals surface area contributed by atoms with Crippen molar-refractivity contribution in [1.82, 2.24) is 10.4 Å². The molecular formula is C16H15N3O3. The molecular weight excluding hydrogens is 282 g/mol. The van der Waals surface area contributed by atoms with Gasteiger partial charge in [-0.15, -0.1) is 0 Å². The van der Waals surface area contributed by atoms with Crippen molar-refractivity contribution in [3.8, 4) is 5.75 Å². The number of rotatable bonds is 4. The minimum atomic E-state index is -0.391. The fraction of sp³-hybridized carbons (Fsp3) is 0.125. The fourth-order valence-electron chi connectivity index (χ4n) is 2.28. The molecule has 3 aromatic rings. The normalized spacial score (nSPS) is 10.6. The van der Waals surface area contributed by atoms with Crippen LogP contribution in [0.3, 0.4) is 0 Å². The first kappa shape index (κ1) is 14.1. The van der Waals surface area contributed by atoms with Crippen LogP contribution in [0.2, 0.25) is 0 Å². The molecule has 3 N–H and O–H groups in total. The van der Waals surface area contributed by atoms with Crippen LogP contribution in [0.15, 0.2) is 47.0 Å². The van der Waals surface area contributed by atoms with E-state index in [1.165, 1.54) is 0 Å². The fourth-order valence-corrected chi connectivity index (χ4v) is 2.28. The van der Waals surface area contributed by atoms with Gasteiger partial charge in [0.1, 0.15) is 23.7 Å². The van der Waals surface area contributed by atoms with E-state index in [1.807, 2.05) is 18.2 Å². The first-order valence-corrected chi connectivity index (χ1v) is 6.76. The van der Waals surface area contributed by atoms with E-state index in [9.17, 15) is 4.79 Å². The second kappa shape index (κ2) is 5.87. The van der Waals surface area contributed by atoms with Crippen molar-refractivity contribution in [2.45, 2.75) is 13.5 Å². The third kappa shape index (κ3) is 2.64. The van der Waals surface area contributed by atoms with E-state index in [0.29, 0.717) is 34.6 Å². The van der Waals surface area contributed by atoms with E-state index in [2.05, 4.69) is 10.4 Å². The number of hydrogen-bond acceptors (Lipinski definition) is 5. The number of pyridine rings is 1. The molecule has 0 aliphatic carbocycles. The molecule has 0 saturated carbocycles. The van der Waals surface area contributed by atoms with Crippen LogP contribution in [-0.4, -0.2) is 10.9 Å². The number of nitrogen functional groups attached to an aromatic ring is 1. The Kier molecular flexibility index (Phi) is 3.76. The van der Waals surface area contributed by atoms with Gasteiger partial charge in [-0.25, -0.2) is 5.84 Å². The molecule has 6 heteroatoms. The predicted molar refractivity (Wildman–Crippen MR) is 81.2 cm³/mol. The van der Waals surface area contributed by atoms with Crippen molar-refractivity contribution in [3.63, 3.8) is 0 Å². The van der Waals surface area contributed by atoms with E-state index in [4.69, 9.17) is 15.0 Å². The second-order valence-electron chi connectivity index (χ2n) is 4.77. The van der Waals surface area contributed by atoms with Crippen molar-refractivity contribution >= 4 is 16.9 Å². The van der Waals surface area contributed by atoms with Gasteiger partial charge in [0.05, 0.1) is 11.3 Å². The molecule has 0 unspecified atom stereocenters. The van der Waals surface area contributed by atoms with Gasteiger partial charge in [0, 0.05) is 11.6 Å². The minimum Gasteiger partial charge on any atom is -0.487 e. The third-order valence-corrected chi connectivity index (χ3v) is 3.31. The van der Waals surface area contributed by atoms with Gasteiger partial charge in [-0.1, -0.05) is 6.07 Å². The summed E-state index contributed by atoms with van der Waals surface area (Å²) in [5.74, 6) is 5.97. The summed E-state index contributed by atoms with van der Waals surface area (Å²) in [5.41, 5.74) is 3.98. The lowest BCUT2D eigenvalue weighted by atomic mass is 10.1. The minimum absolute atomic E-state index is 0.349. The first-order chi connectivity index (χ1) is 10.7. The molecule has 1 amide bonds. The molecule has 2 aromatic heterocycles. The first-order valence-electron chi connectivity index (χ1n) is 6.76. The van der Waals surface area contributed by atoms with Crippen LogP contribution < -0.4 is 16.0 Å². The maximum absolute atomic E-state index is 11.9. The Morgan fingerprint density at radius 2 is 2.23 bits per heavy atom. The molecule has 3 rings (SSSR count). The highest BCUT2D eigenvalue weighted by atomic mass is 16.5. The van der Waals surface area contributed by atoms with E-state index in [-0.39, 0.29) is 0 Å². The van der Waals surface area contributed by atoms with Crippen LogP contribution in [0.5, 0.6) is 5.75 Å². The zero-order valence-corrected chi connectivity index (χ0v) is 12.0. The Morgan fingerprint density at radius 1 is 1.36 bits per heavy atom. The SMILES string of the molecule is Cc1oc2ccc(OCc3ccccn3)cc2c1C(=O)NN.